The summed E-state index contributed by atoms with van der Waals surface area (Å²) in [5.74, 6) is 0.784. The van der Waals surface area contributed by atoms with E-state index in [1.54, 1.807) is 24.4 Å². The first kappa shape index (κ1) is 14.7. The lowest BCUT2D eigenvalue weighted by atomic mass is 10.2. The molecular formula is C13H6Br3N3O2. The predicted octanol–water partition coefficient (Wildman–Crippen LogP) is 4.79. The molecule has 0 amide bonds. The van der Waals surface area contributed by atoms with E-state index in [1.807, 2.05) is 6.07 Å². The molecule has 2 aromatic heterocycles. The van der Waals surface area contributed by atoms with Crippen LogP contribution in [0.1, 0.15) is 0 Å². The number of phenolic OH excluding ortho intramolecular Hbond substituents is 1. The van der Waals surface area contributed by atoms with Crippen LogP contribution in [-0.4, -0.2) is 20.2 Å². The fraction of sp³-hybridized carbons (Fsp3) is 0. The summed E-state index contributed by atoms with van der Waals surface area (Å²) in [6.45, 7) is 0. The normalized spacial score (nSPS) is 10.8. The smallest absolute Gasteiger partial charge is 0.258 e. The van der Waals surface area contributed by atoms with Crippen molar-refractivity contribution in [3.63, 3.8) is 0 Å². The molecule has 0 bridgehead atoms. The van der Waals surface area contributed by atoms with Crippen LogP contribution in [-0.2, 0) is 0 Å². The number of benzene rings is 1. The van der Waals surface area contributed by atoms with E-state index in [0.29, 0.717) is 27.4 Å². The Hall–Kier alpha value is -1.25. The van der Waals surface area contributed by atoms with Crippen molar-refractivity contribution in [2.75, 3.05) is 0 Å². The van der Waals surface area contributed by atoms with E-state index in [4.69, 9.17) is 4.52 Å². The van der Waals surface area contributed by atoms with Gasteiger partial charge >= 0.3 is 0 Å². The van der Waals surface area contributed by atoms with Crippen molar-refractivity contribution < 1.29 is 9.63 Å². The van der Waals surface area contributed by atoms with Gasteiger partial charge in [-0.05, 0) is 72.1 Å². The quantitative estimate of drug-likeness (QED) is 0.577. The molecule has 0 aliphatic carbocycles. The van der Waals surface area contributed by atoms with E-state index in [9.17, 15) is 5.11 Å². The average Bonchev–Trinajstić information content (AvgIpc) is 2.91. The standard InChI is InChI=1S/C13H6Br3N3O2/c14-7-4-9(16)11(17-5-7)12-18-13(21-19-12)6-1-2-8(15)10(20)3-6/h1-5,20H. The highest BCUT2D eigenvalue weighted by Crippen LogP contribution is 2.31. The Bertz CT molecular complexity index is 820. The van der Waals surface area contributed by atoms with Gasteiger partial charge in [0.15, 0.2) is 0 Å². The van der Waals surface area contributed by atoms with Gasteiger partial charge in [-0.2, -0.15) is 4.98 Å². The first-order valence-corrected chi connectivity index (χ1v) is 8.06. The number of hydrogen-bond donors (Lipinski definition) is 1. The van der Waals surface area contributed by atoms with E-state index in [2.05, 4.69) is 62.9 Å². The molecule has 0 saturated carbocycles. The van der Waals surface area contributed by atoms with Crippen LogP contribution in [0.2, 0.25) is 0 Å². The minimum absolute atomic E-state index is 0.107. The number of hydrogen-bond acceptors (Lipinski definition) is 5. The Kier molecular flexibility index (Phi) is 4.10. The third-order valence-electron chi connectivity index (χ3n) is 2.64. The van der Waals surface area contributed by atoms with Crippen molar-refractivity contribution in [1.82, 2.24) is 15.1 Å². The molecule has 0 aliphatic rings. The van der Waals surface area contributed by atoms with Gasteiger partial charge in [0.25, 0.3) is 5.89 Å². The Morgan fingerprint density at radius 3 is 2.57 bits per heavy atom. The third kappa shape index (κ3) is 3.02. The molecular weight excluding hydrogens is 470 g/mol. The predicted molar refractivity (Wildman–Crippen MR) is 87.7 cm³/mol. The largest absolute Gasteiger partial charge is 0.507 e. The van der Waals surface area contributed by atoms with Gasteiger partial charge in [0, 0.05) is 20.7 Å². The maximum Gasteiger partial charge on any atom is 0.258 e. The number of halogens is 3. The van der Waals surface area contributed by atoms with Gasteiger partial charge in [-0.1, -0.05) is 5.16 Å². The third-order valence-corrected chi connectivity index (χ3v) is 4.35. The minimum atomic E-state index is 0.107. The van der Waals surface area contributed by atoms with E-state index < -0.39 is 0 Å². The van der Waals surface area contributed by atoms with Crippen LogP contribution in [0.15, 0.2) is 48.4 Å². The average molecular weight is 476 g/mol. The van der Waals surface area contributed by atoms with Crippen molar-refractivity contribution >= 4 is 47.8 Å². The van der Waals surface area contributed by atoms with Crippen LogP contribution in [0.5, 0.6) is 5.75 Å². The topological polar surface area (TPSA) is 72.0 Å². The number of pyridine rings is 1. The van der Waals surface area contributed by atoms with Crippen molar-refractivity contribution in [3.8, 4) is 28.7 Å². The Morgan fingerprint density at radius 2 is 1.86 bits per heavy atom. The molecule has 0 atom stereocenters. The molecule has 8 heteroatoms. The highest BCUT2D eigenvalue weighted by Gasteiger charge is 2.15. The zero-order chi connectivity index (χ0) is 15.0. The molecule has 3 aromatic rings. The van der Waals surface area contributed by atoms with E-state index in [1.165, 1.54) is 0 Å². The second kappa shape index (κ2) is 5.86. The second-order valence-corrected chi connectivity index (χ2v) is 6.70. The number of rotatable bonds is 2. The van der Waals surface area contributed by atoms with Crippen molar-refractivity contribution in [2.24, 2.45) is 0 Å². The second-order valence-electron chi connectivity index (χ2n) is 4.07. The fourth-order valence-corrected chi connectivity index (χ4v) is 3.07. The Morgan fingerprint density at radius 1 is 1.05 bits per heavy atom. The molecule has 21 heavy (non-hydrogen) atoms. The molecule has 106 valence electrons. The van der Waals surface area contributed by atoms with Crippen LogP contribution < -0.4 is 0 Å². The Balaban J connectivity index is 2.01. The van der Waals surface area contributed by atoms with Gasteiger partial charge in [0.2, 0.25) is 5.82 Å². The van der Waals surface area contributed by atoms with Crippen molar-refractivity contribution in [1.29, 1.82) is 0 Å². The maximum absolute atomic E-state index is 9.70. The number of aromatic hydroxyl groups is 1. The van der Waals surface area contributed by atoms with E-state index in [0.717, 1.165) is 8.95 Å². The lowest BCUT2D eigenvalue weighted by molar-refractivity contribution is 0.431. The monoisotopic (exact) mass is 473 g/mol. The summed E-state index contributed by atoms with van der Waals surface area (Å²) in [6.07, 6.45) is 1.65. The van der Waals surface area contributed by atoms with Crippen LogP contribution >= 0.6 is 47.8 Å². The minimum Gasteiger partial charge on any atom is -0.507 e. The molecule has 0 fully saturated rings. The maximum atomic E-state index is 9.70. The summed E-state index contributed by atoms with van der Waals surface area (Å²) in [5.41, 5.74) is 1.21. The lowest BCUT2D eigenvalue weighted by Gasteiger charge is -1.99. The summed E-state index contributed by atoms with van der Waals surface area (Å²) in [5, 5.41) is 13.6. The molecule has 5 nitrogen and oxygen atoms in total. The summed E-state index contributed by atoms with van der Waals surface area (Å²) in [4.78, 5) is 8.55. The van der Waals surface area contributed by atoms with Crippen molar-refractivity contribution in [3.05, 3.63) is 43.9 Å². The summed E-state index contributed by atoms with van der Waals surface area (Å²) in [7, 11) is 0. The van der Waals surface area contributed by atoms with Crippen LogP contribution in [0.25, 0.3) is 23.0 Å². The van der Waals surface area contributed by atoms with E-state index in [-0.39, 0.29) is 5.75 Å². The molecule has 2 heterocycles. The van der Waals surface area contributed by atoms with Crippen LogP contribution in [0, 0.1) is 0 Å². The number of phenols is 1. The highest BCUT2D eigenvalue weighted by atomic mass is 79.9. The SMILES string of the molecule is Oc1cc(-c2nc(-c3ncc(Br)cc3Br)no2)ccc1Br. The van der Waals surface area contributed by atoms with Gasteiger partial charge in [0.05, 0.1) is 4.47 Å². The molecule has 0 spiro atoms. The molecule has 3 rings (SSSR count). The number of aromatic nitrogens is 3. The van der Waals surface area contributed by atoms with Gasteiger partial charge < -0.3 is 9.63 Å². The first-order valence-electron chi connectivity index (χ1n) is 5.68. The zero-order valence-electron chi connectivity index (χ0n) is 10.2. The molecule has 0 radical (unpaired) electrons. The molecule has 0 saturated heterocycles. The molecule has 1 N–H and O–H groups in total. The zero-order valence-corrected chi connectivity index (χ0v) is 15.0. The molecule has 1 aromatic carbocycles. The van der Waals surface area contributed by atoms with Crippen molar-refractivity contribution in [2.45, 2.75) is 0 Å². The van der Waals surface area contributed by atoms with Crippen LogP contribution in [0.3, 0.4) is 0 Å². The van der Waals surface area contributed by atoms with Gasteiger partial charge in [0.1, 0.15) is 11.4 Å². The van der Waals surface area contributed by atoms with Gasteiger partial charge in [-0.3, -0.25) is 4.98 Å². The number of nitrogens with zero attached hydrogens (tertiary/aromatic N) is 3. The van der Waals surface area contributed by atoms with E-state index >= 15 is 0 Å². The molecule has 0 unspecified atom stereocenters. The first-order chi connectivity index (χ1) is 10.0. The Labute approximate surface area is 144 Å². The lowest BCUT2D eigenvalue weighted by Crippen LogP contribution is -1.87. The van der Waals surface area contributed by atoms with Gasteiger partial charge in [-0.25, -0.2) is 0 Å². The fourth-order valence-electron chi connectivity index (χ4n) is 1.66. The summed E-state index contributed by atoms with van der Waals surface area (Å²) in [6, 6.07) is 6.88. The molecule has 0 aliphatic heterocycles. The van der Waals surface area contributed by atoms with Gasteiger partial charge in [-0.15, -0.1) is 0 Å². The highest BCUT2D eigenvalue weighted by molar-refractivity contribution is 9.11. The van der Waals surface area contributed by atoms with Crippen LogP contribution in [0.4, 0.5) is 0 Å². The summed E-state index contributed by atoms with van der Waals surface area (Å²) >= 11 is 9.97. The summed E-state index contributed by atoms with van der Waals surface area (Å²) < 4.78 is 7.43.